The predicted molar refractivity (Wildman–Crippen MR) is 70.6 cm³/mol. The standard InChI is InChI=1S/C11H19N3O5S/c15-10(16)8-20(18,19)14-5-1-2-9(14)11(17)13-6-3-12-4-7-13/h9,12H,1-8H2,(H,15,16). The SMILES string of the molecule is O=C(O)CS(=O)(=O)N1CCCC1C(=O)N1CCNCC1. The Morgan fingerprint density at radius 1 is 1.20 bits per heavy atom. The Bertz CT molecular complexity index is 486. The van der Waals surface area contributed by atoms with Crippen LogP contribution in [0.3, 0.4) is 0 Å². The zero-order chi connectivity index (χ0) is 14.8. The molecule has 2 heterocycles. The van der Waals surface area contributed by atoms with Crippen LogP contribution in [0, 0.1) is 0 Å². The number of nitrogens with zero attached hydrogens (tertiary/aromatic N) is 2. The molecular formula is C11H19N3O5S. The molecule has 0 radical (unpaired) electrons. The molecule has 0 spiro atoms. The van der Waals surface area contributed by atoms with Gasteiger partial charge in [-0.1, -0.05) is 0 Å². The molecule has 2 aliphatic rings. The third-order valence-corrected chi connectivity index (χ3v) is 5.34. The maximum absolute atomic E-state index is 12.4. The van der Waals surface area contributed by atoms with E-state index in [1.54, 1.807) is 4.90 Å². The van der Waals surface area contributed by atoms with Crippen LogP contribution in [0.1, 0.15) is 12.8 Å². The van der Waals surface area contributed by atoms with Gasteiger partial charge in [0.2, 0.25) is 15.9 Å². The first kappa shape index (κ1) is 15.2. The Labute approximate surface area is 117 Å². The molecule has 0 aromatic rings. The lowest BCUT2D eigenvalue weighted by molar-refractivity contribution is -0.136. The summed E-state index contributed by atoms with van der Waals surface area (Å²) < 4.78 is 25.1. The molecule has 2 saturated heterocycles. The summed E-state index contributed by atoms with van der Waals surface area (Å²) in [6.07, 6.45) is 1.04. The van der Waals surface area contributed by atoms with E-state index in [0.29, 0.717) is 39.0 Å². The normalized spacial score (nSPS) is 24.8. The highest BCUT2D eigenvalue weighted by atomic mass is 32.2. The maximum atomic E-state index is 12.4. The smallest absolute Gasteiger partial charge is 0.320 e. The van der Waals surface area contributed by atoms with Crippen LogP contribution in [0.5, 0.6) is 0 Å². The number of hydrogen-bond donors (Lipinski definition) is 2. The highest BCUT2D eigenvalue weighted by molar-refractivity contribution is 7.89. The van der Waals surface area contributed by atoms with Gasteiger partial charge in [0.15, 0.2) is 5.75 Å². The van der Waals surface area contributed by atoms with Crippen molar-refractivity contribution in [1.29, 1.82) is 0 Å². The molecule has 1 unspecified atom stereocenters. The van der Waals surface area contributed by atoms with Gasteiger partial charge in [0.05, 0.1) is 0 Å². The summed E-state index contributed by atoms with van der Waals surface area (Å²) in [4.78, 5) is 24.7. The molecule has 2 fully saturated rings. The van der Waals surface area contributed by atoms with Crippen LogP contribution in [0.4, 0.5) is 0 Å². The first-order valence-corrected chi connectivity index (χ1v) is 8.23. The Hall–Kier alpha value is -1.19. The van der Waals surface area contributed by atoms with Gasteiger partial charge in [-0.15, -0.1) is 0 Å². The van der Waals surface area contributed by atoms with E-state index in [0.717, 1.165) is 4.31 Å². The van der Waals surface area contributed by atoms with Crippen molar-refractivity contribution in [3.63, 3.8) is 0 Å². The molecule has 2 N–H and O–H groups in total. The topological polar surface area (TPSA) is 107 Å². The number of aliphatic carboxylic acids is 1. The number of nitrogens with one attached hydrogen (secondary N) is 1. The van der Waals surface area contributed by atoms with Gasteiger partial charge in [0, 0.05) is 32.7 Å². The molecule has 20 heavy (non-hydrogen) atoms. The monoisotopic (exact) mass is 305 g/mol. The molecule has 0 saturated carbocycles. The summed E-state index contributed by atoms with van der Waals surface area (Å²) in [5.74, 6) is -2.57. The molecule has 8 nitrogen and oxygen atoms in total. The highest BCUT2D eigenvalue weighted by Crippen LogP contribution is 2.23. The van der Waals surface area contributed by atoms with Crippen LogP contribution in [-0.4, -0.2) is 79.1 Å². The van der Waals surface area contributed by atoms with E-state index in [1.807, 2.05) is 0 Å². The fourth-order valence-corrected chi connectivity index (χ4v) is 4.12. The lowest BCUT2D eigenvalue weighted by Crippen LogP contribution is -2.53. The van der Waals surface area contributed by atoms with Crippen LogP contribution >= 0.6 is 0 Å². The van der Waals surface area contributed by atoms with Crippen molar-refractivity contribution in [2.75, 3.05) is 38.5 Å². The second-order valence-corrected chi connectivity index (χ2v) is 6.92. The van der Waals surface area contributed by atoms with Gasteiger partial charge in [-0.3, -0.25) is 9.59 Å². The van der Waals surface area contributed by atoms with Crippen molar-refractivity contribution in [2.24, 2.45) is 0 Å². The number of hydrogen-bond acceptors (Lipinski definition) is 5. The fraction of sp³-hybridized carbons (Fsp3) is 0.818. The fourth-order valence-electron chi connectivity index (χ4n) is 2.65. The third kappa shape index (κ3) is 3.28. The largest absolute Gasteiger partial charge is 0.480 e. The van der Waals surface area contributed by atoms with Crippen molar-refractivity contribution in [3.8, 4) is 0 Å². The molecule has 114 valence electrons. The van der Waals surface area contributed by atoms with Crippen molar-refractivity contribution in [2.45, 2.75) is 18.9 Å². The van der Waals surface area contributed by atoms with Crippen molar-refractivity contribution in [3.05, 3.63) is 0 Å². The number of carbonyl (C=O) groups excluding carboxylic acids is 1. The Balaban J connectivity index is 2.10. The highest BCUT2D eigenvalue weighted by Gasteiger charge is 2.41. The van der Waals surface area contributed by atoms with Gasteiger partial charge in [-0.25, -0.2) is 8.42 Å². The number of sulfonamides is 1. The summed E-state index contributed by atoms with van der Waals surface area (Å²) >= 11 is 0. The zero-order valence-electron chi connectivity index (χ0n) is 11.1. The zero-order valence-corrected chi connectivity index (χ0v) is 11.9. The molecule has 0 aromatic heterocycles. The molecule has 0 bridgehead atoms. The minimum absolute atomic E-state index is 0.210. The molecule has 1 amide bonds. The second-order valence-electron chi connectivity index (χ2n) is 4.99. The lowest BCUT2D eigenvalue weighted by Gasteiger charge is -2.32. The van der Waals surface area contributed by atoms with Crippen molar-refractivity contribution < 1.29 is 23.1 Å². The Morgan fingerprint density at radius 2 is 1.85 bits per heavy atom. The number of carboxylic acids is 1. The first-order valence-electron chi connectivity index (χ1n) is 6.62. The third-order valence-electron chi connectivity index (χ3n) is 3.58. The van der Waals surface area contributed by atoms with E-state index in [9.17, 15) is 18.0 Å². The summed E-state index contributed by atoms with van der Waals surface area (Å²) in [6.45, 7) is 2.73. The molecule has 0 aromatic carbocycles. The quantitative estimate of drug-likeness (QED) is 0.641. The van der Waals surface area contributed by atoms with E-state index in [4.69, 9.17) is 5.11 Å². The molecule has 2 aliphatic heterocycles. The van der Waals surface area contributed by atoms with E-state index >= 15 is 0 Å². The van der Waals surface area contributed by atoms with Gasteiger partial charge in [0.25, 0.3) is 0 Å². The lowest BCUT2D eigenvalue weighted by atomic mass is 10.2. The van der Waals surface area contributed by atoms with Gasteiger partial charge in [0.1, 0.15) is 6.04 Å². The number of carboxylic acid groups (broad SMARTS) is 1. The number of rotatable bonds is 4. The molecule has 1 atom stereocenters. The summed E-state index contributed by atoms with van der Waals surface area (Å²) in [5.41, 5.74) is 0. The summed E-state index contributed by atoms with van der Waals surface area (Å²) in [5, 5.41) is 11.8. The molecule has 2 rings (SSSR count). The Morgan fingerprint density at radius 3 is 2.45 bits per heavy atom. The van der Waals surface area contributed by atoms with Gasteiger partial charge in [-0.05, 0) is 12.8 Å². The molecular weight excluding hydrogens is 286 g/mol. The summed E-state index contributed by atoms with van der Waals surface area (Å²) in [6, 6.07) is -0.738. The first-order chi connectivity index (χ1) is 9.42. The van der Waals surface area contributed by atoms with Gasteiger partial charge < -0.3 is 15.3 Å². The van der Waals surface area contributed by atoms with E-state index in [2.05, 4.69) is 5.32 Å². The number of carbonyl (C=O) groups is 2. The predicted octanol–water partition coefficient (Wildman–Crippen LogP) is -1.70. The summed E-state index contributed by atoms with van der Waals surface area (Å²) in [7, 11) is -3.92. The average molecular weight is 305 g/mol. The van der Waals surface area contributed by atoms with E-state index in [1.165, 1.54) is 0 Å². The maximum Gasteiger partial charge on any atom is 0.320 e. The number of amides is 1. The van der Waals surface area contributed by atoms with Gasteiger partial charge >= 0.3 is 5.97 Å². The van der Waals surface area contributed by atoms with Crippen molar-refractivity contribution >= 4 is 21.9 Å². The van der Waals surface area contributed by atoms with E-state index < -0.39 is 27.8 Å². The molecule has 0 aliphatic carbocycles. The van der Waals surface area contributed by atoms with Crippen molar-refractivity contribution in [1.82, 2.24) is 14.5 Å². The number of piperazine rings is 1. The Kier molecular flexibility index (Phi) is 4.61. The van der Waals surface area contributed by atoms with Crippen LogP contribution in [0.25, 0.3) is 0 Å². The van der Waals surface area contributed by atoms with Crippen LogP contribution in [0.15, 0.2) is 0 Å². The minimum Gasteiger partial charge on any atom is -0.480 e. The average Bonchev–Trinajstić information content (AvgIpc) is 2.87. The van der Waals surface area contributed by atoms with E-state index in [-0.39, 0.29) is 12.5 Å². The van der Waals surface area contributed by atoms with Crippen LogP contribution < -0.4 is 5.32 Å². The minimum atomic E-state index is -3.92. The van der Waals surface area contributed by atoms with Crippen LogP contribution in [-0.2, 0) is 19.6 Å². The second kappa shape index (κ2) is 6.06. The molecule has 9 heteroatoms. The van der Waals surface area contributed by atoms with Crippen LogP contribution in [0.2, 0.25) is 0 Å². The van der Waals surface area contributed by atoms with Gasteiger partial charge in [-0.2, -0.15) is 4.31 Å².